The zero-order valence-electron chi connectivity index (χ0n) is 17.4. The number of unbranched alkanes of at least 4 members (excludes halogenated alkanes) is 3. The van der Waals surface area contributed by atoms with Crippen LogP contribution in [0.2, 0.25) is 0 Å². The summed E-state index contributed by atoms with van der Waals surface area (Å²) < 4.78 is 0. The van der Waals surface area contributed by atoms with Gasteiger partial charge in [0.05, 0.1) is 36.8 Å². The molecule has 2 heterocycles. The molecule has 1 aliphatic heterocycles. The van der Waals surface area contributed by atoms with Crippen molar-refractivity contribution in [3.63, 3.8) is 0 Å². The lowest BCUT2D eigenvalue weighted by molar-refractivity contribution is -0.145. The van der Waals surface area contributed by atoms with Gasteiger partial charge in [-0.2, -0.15) is 15.0 Å². The number of aliphatic hydroxyl groups excluding tert-OH is 4. The smallest absolute Gasteiger partial charge is 0.109 e. The normalized spacial score (nSPS) is 24.8. The van der Waals surface area contributed by atoms with Gasteiger partial charge in [-0.3, -0.25) is 4.90 Å². The molecule has 166 valence electrons. The minimum absolute atomic E-state index is 0.233. The van der Waals surface area contributed by atoms with Gasteiger partial charge in [0, 0.05) is 18.8 Å². The molecule has 9 heteroatoms. The van der Waals surface area contributed by atoms with Crippen molar-refractivity contribution in [2.45, 2.75) is 57.0 Å². The average molecular weight is 420 g/mol. The largest absolute Gasteiger partial charge is 0.395 e. The summed E-state index contributed by atoms with van der Waals surface area (Å²) in [5.74, 6) is 0. The number of anilines is 1. The number of aryl methyl sites for hydroxylation is 1. The van der Waals surface area contributed by atoms with Crippen molar-refractivity contribution >= 4 is 5.69 Å². The number of nitrogens with one attached hydrogen (secondary N) is 1. The standard InChI is InChI=1S/C21H33N5O4/c1-15-12-16(26-23-9-10-24-26)6-7-17(15)22-8-4-2-3-5-11-25-13-19(28)21(30)20(29)18(25)14-27/h6-7,9-10,12,18-22,27-30H,2-5,8,11,13-14H2,1H3/t18-,19+,20-,21-/m1/s1. The van der Waals surface area contributed by atoms with Gasteiger partial charge in [0.15, 0.2) is 0 Å². The maximum atomic E-state index is 10.0. The first-order valence-corrected chi connectivity index (χ1v) is 10.6. The molecule has 3 rings (SSSR count). The molecule has 2 aromatic rings. The second-order valence-electron chi connectivity index (χ2n) is 7.95. The molecule has 1 saturated heterocycles. The van der Waals surface area contributed by atoms with Crippen LogP contribution in [0.25, 0.3) is 5.69 Å². The van der Waals surface area contributed by atoms with Crippen LogP contribution in [0.4, 0.5) is 5.69 Å². The highest BCUT2D eigenvalue weighted by Crippen LogP contribution is 2.20. The Hall–Kier alpha value is -2.04. The van der Waals surface area contributed by atoms with Gasteiger partial charge >= 0.3 is 0 Å². The molecule has 0 radical (unpaired) electrons. The van der Waals surface area contributed by atoms with Crippen LogP contribution in [0.5, 0.6) is 0 Å². The van der Waals surface area contributed by atoms with Gasteiger partial charge in [-0.05, 0) is 50.1 Å². The number of likely N-dealkylation sites (tertiary alicyclic amines) is 1. The van der Waals surface area contributed by atoms with E-state index < -0.39 is 24.4 Å². The van der Waals surface area contributed by atoms with Crippen LogP contribution in [0, 0.1) is 6.92 Å². The summed E-state index contributed by atoms with van der Waals surface area (Å²) in [4.78, 5) is 3.47. The fourth-order valence-electron chi connectivity index (χ4n) is 3.97. The molecule has 0 saturated carbocycles. The molecule has 30 heavy (non-hydrogen) atoms. The number of hydrogen-bond acceptors (Lipinski definition) is 8. The fraction of sp³-hybridized carbons (Fsp3) is 0.619. The molecule has 0 spiro atoms. The Kier molecular flexibility index (Phi) is 8.17. The molecule has 5 N–H and O–H groups in total. The monoisotopic (exact) mass is 419 g/mol. The highest BCUT2D eigenvalue weighted by Gasteiger charge is 2.40. The van der Waals surface area contributed by atoms with Gasteiger partial charge in [0.25, 0.3) is 0 Å². The van der Waals surface area contributed by atoms with E-state index in [0.717, 1.165) is 49.2 Å². The van der Waals surface area contributed by atoms with Crippen LogP contribution in [0.15, 0.2) is 30.6 Å². The van der Waals surface area contributed by atoms with E-state index in [1.54, 1.807) is 17.2 Å². The van der Waals surface area contributed by atoms with Crippen LogP contribution in [0.1, 0.15) is 31.2 Å². The van der Waals surface area contributed by atoms with Crippen LogP contribution < -0.4 is 5.32 Å². The highest BCUT2D eigenvalue weighted by atomic mass is 16.4. The van der Waals surface area contributed by atoms with E-state index in [0.29, 0.717) is 6.54 Å². The first-order valence-electron chi connectivity index (χ1n) is 10.6. The third-order valence-electron chi connectivity index (χ3n) is 5.76. The third-order valence-corrected chi connectivity index (χ3v) is 5.76. The summed E-state index contributed by atoms with van der Waals surface area (Å²) in [6.07, 6.45) is 4.05. The highest BCUT2D eigenvalue weighted by molar-refractivity contribution is 5.54. The van der Waals surface area contributed by atoms with Crippen molar-refractivity contribution in [1.29, 1.82) is 0 Å². The Balaban J connectivity index is 1.34. The van der Waals surface area contributed by atoms with E-state index >= 15 is 0 Å². The molecule has 1 aliphatic rings. The van der Waals surface area contributed by atoms with Crippen molar-refractivity contribution in [3.05, 3.63) is 36.2 Å². The molecule has 1 aromatic carbocycles. The van der Waals surface area contributed by atoms with E-state index in [1.165, 1.54) is 0 Å². The number of β-amino-alcohol motifs (C(OH)–C–C–N with tert-alkyl or cyclic N) is 1. The summed E-state index contributed by atoms with van der Waals surface area (Å²) in [5, 5.41) is 50.9. The molecule has 0 unspecified atom stereocenters. The third kappa shape index (κ3) is 5.55. The molecule has 9 nitrogen and oxygen atoms in total. The summed E-state index contributed by atoms with van der Waals surface area (Å²) in [6.45, 7) is 3.66. The molecular weight excluding hydrogens is 386 g/mol. The van der Waals surface area contributed by atoms with Crippen LogP contribution in [0.3, 0.4) is 0 Å². The minimum atomic E-state index is -1.20. The second kappa shape index (κ2) is 10.8. The number of aromatic nitrogens is 3. The summed E-state index contributed by atoms with van der Waals surface area (Å²) in [7, 11) is 0. The Labute approximate surface area is 177 Å². The minimum Gasteiger partial charge on any atom is -0.395 e. The van der Waals surface area contributed by atoms with Crippen molar-refractivity contribution in [2.75, 3.05) is 31.6 Å². The fourth-order valence-corrected chi connectivity index (χ4v) is 3.97. The molecular formula is C21H33N5O4. The second-order valence-corrected chi connectivity index (χ2v) is 7.95. The number of benzene rings is 1. The Morgan fingerprint density at radius 2 is 1.77 bits per heavy atom. The Morgan fingerprint density at radius 1 is 1.03 bits per heavy atom. The number of piperidine rings is 1. The van der Waals surface area contributed by atoms with Gasteiger partial charge in [-0.1, -0.05) is 12.8 Å². The van der Waals surface area contributed by atoms with E-state index in [9.17, 15) is 20.4 Å². The predicted octanol–water partition coefficient (Wildman–Crippen LogP) is 0.307. The lowest BCUT2D eigenvalue weighted by Gasteiger charge is -2.43. The summed E-state index contributed by atoms with van der Waals surface area (Å²) in [6, 6.07) is 5.57. The van der Waals surface area contributed by atoms with E-state index in [2.05, 4.69) is 28.5 Å². The lowest BCUT2D eigenvalue weighted by atomic mass is 9.94. The van der Waals surface area contributed by atoms with Crippen molar-refractivity contribution in [2.24, 2.45) is 0 Å². The average Bonchev–Trinajstić information content (AvgIpc) is 3.27. The number of nitrogens with zero attached hydrogens (tertiary/aromatic N) is 4. The SMILES string of the molecule is Cc1cc(-n2nccn2)ccc1NCCCCCCN1C[C@H](O)[C@@H](O)[C@H](O)[C@H]1CO. The Morgan fingerprint density at radius 3 is 2.47 bits per heavy atom. The molecule has 0 aliphatic carbocycles. The van der Waals surface area contributed by atoms with Crippen molar-refractivity contribution in [3.8, 4) is 5.69 Å². The van der Waals surface area contributed by atoms with Gasteiger partial charge in [0.2, 0.25) is 0 Å². The molecule has 4 atom stereocenters. The number of rotatable bonds is 10. The first-order chi connectivity index (χ1) is 14.5. The van der Waals surface area contributed by atoms with Crippen LogP contribution in [-0.2, 0) is 0 Å². The summed E-state index contributed by atoms with van der Waals surface area (Å²) in [5.41, 5.74) is 3.18. The van der Waals surface area contributed by atoms with Crippen LogP contribution in [-0.4, -0.2) is 90.9 Å². The van der Waals surface area contributed by atoms with Gasteiger partial charge in [-0.15, -0.1) is 0 Å². The maximum Gasteiger partial charge on any atom is 0.109 e. The van der Waals surface area contributed by atoms with E-state index in [-0.39, 0.29) is 13.2 Å². The maximum absolute atomic E-state index is 10.0. The lowest BCUT2D eigenvalue weighted by Crippen LogP contribution is -2.62. The first kappa shape index (κ1) is 22.6. The van der Waals surface area contributed by atoms with Gasteiger partial charge in [-0.25, -0.2) is 0 Å². The van der Waals surface area contributed by atoms with Gasteiger partial charge in [0.1, 0.15) is 12.2 Å². The predicted molar refractivity (Wildman–Crippen MR) is 114 cm³/mol. The molecule has 1 fully saturated rings. The van der Waals surface area contributed by atoms with Crippen LogP contribution >= 0.6 is 0 Å². The topological polar surface area (TPSA) is 127 Å². The van der Waals surface area contributed by atoms with Crippen molar-refractivity contribution < 1.29 is 20.4 Å². The van der Waals surface area contributed by atoms with Crippen molar-refractivity contribution in [1.82, 2.24) is 19.9 Å². The zero-order valence-corrected chi connectivity index (χ0v) is 17.4. The van der Waals surface area contributed by atoms with E-state index in [4.69, 9.17) is 0 Å². The van der Waals surface area contributed by atoms with E-state index in [1.807, 2.05) is 17.0 Å². The molecule has 1 aromatic heterocycles. The quantitative estimate of drug-likeness (QED) is 0.348. The number of aliphatic hydroxyl groups is 4. The summed E-state index contributed by atoms with van der Waals surface area (Å²) >= 11 is 0. The Bertz CT molecular complexity index is 773. The molecule has 0 amide bonds. The van der Waals surface area contributed by atoms with Gasteiger partial charge < -0.3 is 25.7 Å². The molecule has 0 bridgehead atoms. The number of hydrogen-bond donors (Lipinski definition) is 5. The zero-order chi connectivity index (χ0) is 21.5.